The van der Waals surface area contributed by atoms with Crippen LogP contribution in [0.1, 0.15) is 19.3 Å². The second kappa shape index (κ2) is 12.7. The summed E-state index contributed by atoms with van der Waals surface area (Å²) in [7, 11) is -0.356. The lowest BCUT2D eigenvalue weighted by atomic mass is 10.2. The number of anilines is 1. The highest BCUT2D eigenvalue weighted by molar-refractivity contribution is 7.91. The smallest absolute Gasteiger partial charge is 0.228 e. The minimum Gasteiger partial charge on any atom is -0.497 e. The molecule has 1 aliphatic heterocycles. The van der Waals surface area contributed by atoms with E-state index in [9.17, 15) is 13.2 Å². The maximum atomic E-state index is 13.4. The maximum Gasteiger partial charge on any atom is 0.228 e. The number of thiazole rings is 1. The van der Waals surface area contributed by atoms with Gasteiger partial charge >= 0.3 is 0 Å². The summed E-state index contributed by atoms with van der Waals surface area (Å²) in [6.45, 7) is 4.60. The van der Waals surface area contributed by atoms with Gasteiger partial charge in [0.15, 0.2) is 15.0 Å². The highest BCUT2D eigenvalue weighted by Crippen LogP contribution is 2.32. The fraction of sp³-hybridized carbons (Fsp3) is 0.462. The number of methoxy groups -OCH3 is 2. The van der Waals surface area contributed by atoms with E-state index in [4.69, 9.17) is 19.2 Å². The first-order valence-electron chi connectivity index (χ1n) is 12.3. The van der Waals surface area contributed by atoms with E-state index in [0.717, 1.165) is 55.2 Å². The molecule has 2 heterocycles. The van der Waals surface area contributed by atoms with Gasteiger partial charge in [-0.15, -0.1) is 0 Å². The monoisotopic (exact) mass is 547 g/mol. The lowest BCUT2D eigenvalue weighted by molar-refractivity contribution is -0.118. The van der Waals surface area contributed by atoms with Crippen LogP contribution < -0.4 is 14.4 Å². The van der Waals surface area contributed by atoms with Gasteiger partial charge in [-0.1, -0.05) is 11.3 Å². The van der Waals surface area contributed by atoms with E-state index in [2.05, 4.69) is 4.90 Å². The number of rotatable bonds is 12. The van der Waals surface area contributed by atoms with Crippen molar-refractivity contribution in [1.82, 2.24) is 9.88 Å². The molecule has 1 aliphatic rings. The molecule has 0 saturated carbocycles. The standard InChI is InChI=1S/C26H33N3O6S2/c1-33-20-6-9-22(10-7-20)37(31,32)18-3-5-25(30)29(13-4-12-28-14-16-35-17-15-28)26-27-23-11-8-21(34-2)19-24(23)36-26/h6-11,19H,3-5,12-18H2,1-2H3. The van der Waals surface area contributed by atoms with Crippen LogP contribution in [0.5, 0.6) is 11.5 Å². The molecule has 1 fully saturated rings. The van der Waals surface area contributed by atoms with Gasteiger partial charge in [-0.3, -0.25) is 14.6 Å². The van der Waals surface area contributed by atoms with Crippen molar-refractivity contribution < 1.29 is 27.4 Å². The lowest BCUT2D eigenvalue weighted by Crippen LogP contribution is -2.39. The predicted molar refractivity (Wildman–Crippen MR) is 145 cm³/mol. The number of carbonyl (C=O) groups excluding carboxylic acids is 1. The summed E-state index contributed by atoms with van der Waals surface area (Å²) < 4.78 is 42.3. The van der Waals surface area contributed by atoms with E-state index in [1.807, 2.05) is 18.2 Å². The molecule has 0 atom stereocenters. The molecule has 0 aliphatic carbocycles. The number of aromatic nitrogens is 1. The molecule has 4 rings (SSSR count). The molecule has 2 aromatic carbocycles. The molecule has 0 radical (unpaired) electrons. The molecule has 9 nitrogen and oxygen atoms in total. The highest BCUT2D eigenvalue weighted by Gasteiger charge is 2.22. The number of amides is 1. The van der Waals surface area contributed by atoms with Gasteiger partial charge in [-0.25, -0.2) is 13.4 Å². The molecule has 1 saturated heterocycles. The van der Waals surface area contributed by atoms with Crippen LogP contribution in [0.15, 0.2) is 47.4 Å². The summed E-state index contributed by atoms with van der Waals surface area (Å²) in [6.07, 6.45) is 1.13. The zero-order valence-corrected chi connectivity index (χ0v) is 22.9. The van der Waals surface area contributed by atoms with Crippen LogP contribution in [-0.4, -0.2) is 83.6 Å². The van der Waals surface area contributed by atoms with E-state index >= 15 is 0 Å². The molecule has 0 spiro atoms. The molecular formula is C26H33N3O6S2. The van der Waals surface area contributed by atoms with Gasteiger partial charge in [0.1, 0.15) is 11.5 Å². The number of carbonyl (C=O) groups is 1. The van der Waals surface area contributed by atoms with Gasteiger partial charge in [0.25, 0.3) is 0 Å². The Morgan fingerprint density at radius 2 is 1.76 bits per heavy atom. The minimum absolute atomic E-state index is 0.107. The normalized spacial score (nSPS) is 14.5. The molecule has 37 heavy (non-hydrogen) atoms. The third kappa shape index (κ3) is 7.19. The molecule has 1 amide bonds. The molecule has 0 bridgehead atoms. The van der Waals surface area contributed by atoms with Crippen LogP contribution in [0.2, 0.25) is 0 Å². The number of morpholine rings is 1. The Morgan fingerprint density at radius 1 is 1.05 bits per heavy atom. The van der Waals surface area contributed by atoms with E-state index in [1.54, 1.807) is 24.1 Å². The zero-order valence-electron chi connectivity index (χ0n) is 21.2. The predicted octanol–water partition coefficient (Wildman–Crippen LogP) is 3.62. The number of nitrogens with zero attached hydrogens (tertiary/aromatic N) is 3. The van der Waals surface area contributed by atoms with E-state index < -0.39 is 9.84 Å². The van der Waals surface area contributed by atoms with E-state index in [-0.39, 0.29) is 29.4 Å². The Morgan fingerprint density at radius 3 is 2.46 bits per heavy atom. The third-order valence-corrected chi connectivity index (χ3v) is 9.16. The largest absolute Gasteiger partial charge is 0.497 e. The average molecular weight is 548 g/mol. The van der Waals surface area contributed by atoms with Crippen LogP contribution in [0.3, 0.4) is 0 Å². The van der Waals surface area contributed by atoms with E-state index in [0.29, 0.717) is 17.4 Å². The Labute approximate surface area is 221 Å². The van der Waals surface area contributed by atoms with Crippen LogP contribution in [0.25, 0.3) is 10.2 Å². The van der Waals surface area contributed by atoms with Gasteiger partial charge in [0, 0.05) is 32.6 Å². The number of fused-ring (bicyclic) bond motifs is 1. The Kier molecular flexibility index (Phi) is 9.36. The summed E-state index contributed by atoms with van der Waals surface area (Å²) in [5.41, 5.74) is 0.800. The number of ether oxygens (including phenoxy) is 3. The number of sulfone groups is 1. The SMILES string of the molecule is COc1ccc(S(=O)(=O)CCCC(=O)N(CCCN2CCOCC2)c2nc3ccc(OC)cc3s2)cc1. The van der Waals surface area contributed by atoms with Crippen molar-refractivity contribution in [1.29, 1.82) is 0 Å². The average Bonchev–Trinajstić information content (AvgIpc) is 3.34. The number of hydrogen-bond acceptors (Lipinski definition) is 9. The second-order valence-corrected chi connectivity index (χ2v) is 11.9. The lowest BCUT2D eigenvalue weighted by Gasteiger charge is -2.27. The van der Waals surface area contributed by atoms with Crippen LogP contribution in [-0.2, 0) is 19.4 Å². The van der Waals surface area contributed by atoms with Crippen LogP contribution in [0.4, 0.5) is 5.13 Å². The highest BCUT2D eigenvalue weighted by atomic mass is 32.2. The first-order chi connectivity index (χ1) is 17.9. The summed E-state index contributed by atoms with van der Waals surface area (Å²) >= 11 is 1.44. The molecule has 0 N–H and O–H groups in total. The molecule has 11 heteroatoms. The van der Waals surface area contributed by atoms with Crippen molar-refractivity contribution in [2.75, 3.05) is 64.3 Å². The molecule has 3 aromatic rings. The summed E-state index contributed by atoms with van der Waals surface area (Å²) in [5, 5.41) is 0.619. The van der Waals surface area contributed by atoms with Crippen molar-refractivity contribution in [3.8, 4) is 11.5 Å². The number of hydrogen-bond donors (Lipinski definition) is 0. The fourth-order valence-electron chi connectivity index (χ4n) is 4.19. The fourth-order valence-corrected chi connectivity index (χ4v) is 6.54. The molecule has 200 valence electrons. The second-order valence-electron chi connectivity index (χ2n) is 8.78. The molecular weight excluding hydrogens is 514 g/mol. The van der Waals surface area contributed by atoms with E-state index in [1.165, 1.54) is 30.6 Å². The van der Waals surface area contributed by atoms with Crippen molar-refractivity contribution in [2.45, 2.75) is 24.2 Å². The Bertz CT molecular complexity index is 1290. The van der Waals surface area contributed by atoms with Crippen molar-refractivity contribution >= 4 is 42.4 Å². The van der Waals surface area contributed by atoms with Gasteiger partial charge in [0.05, 0.1) is 48.3 Å². The molecule has 0 unspecified atom stereocenters. The van der Waals surface area contributed by atoms with Crippen LogP contribution in [0, 0.1) is 0 Å². The third-order valence-electron chi connectivity index (χ3n) is 6.30. The first-order valence-corrected chi connectivity index (χ1v) is 14.8. The Balaban J connectivity index is 1.43. The van der Waals surface area contributed by atoms with Gasteiger partial charge in [0.2, 0.25) is 5.91 Å². The first kappa shape index (κ1) is 27.3. The minimum atomic E-state index is -3.50. The summed E-state index contributed by atoms with van der Waals surface area (Å²) in [5.74, 6) is 1.09. The van der Waals surface area contributed by atoms with Crippen molar-refractivity contribution in [3.05, 3.63) is 42.5 Å². The topological polar surface area (TPSA) is 98.3 Å². The molecule has 1 aromatic heterocycles. The van der Waals surface area contributed by atoms with Gasteiger partial charge in [-0.05, 0) is 55.3 Å². The van der Waals surface area contributed by atoms with Crippen molar-refractivity contribution in [2.24, 2.45) is 0 Å². The summed E-state index contributed by atoms with van der Waals surface area (Å²) in [6, 6.07) is 11.9. The summed E-state index contributed by atoms with van der Waals surface area (Å²) in [4.78, 5) is 22.3. The van der Waals surface area contributed by atoms with Crippen molar-refractivity contribution in [3.63, 3.8) is 0 Å². The van der Waals surface area contributed by atoms with Gasteiger partial charge in [-0.2, -0.15) is 0 Å². The van der Waals surface area contributed by atoms with Gasteiger partial charge < -0.3 is 14.2 Å². The van der Waals surface area contributed by atoms with Crippen LogP contribution >= 0.6 is 11.3 Å². The maximum absolute atomic E-state index is 13.4. The quantitative estimate of drug-likeness (QED) is 0.339. The zero-order chi connectivity index (χ0) is 26.3. The number of benzene rings is 2. The Hall–Kier alpha value is -2.73.